The van der Waals surface area contributed by atoms with Crippen LogP contribution in [0, 0.1) is 5.82 Å². The molecule has 1 aliphatic heterocycles. The van der Waals surface area contributed by atoms with Crippen molar-refractivity contribution < 1.29 is 22.0 Å². The van der Waals surface area contributed by atoms with E-state index in [1.54, 1.807) is 6.07 Å². The first-order chi connectivity index (χ1) is 14.3. The van der Waals surface area contributed by atoms with Crippen LogP contribution in [0.3, 0.4) is 0 Å². The molecule has 0 saturated carbocycles. The van der Waals surface area contributed by atoms with Gasteiger partial charge in [0.1, 0.15) is 12.5 Å². The molecule has 158 valence electrons. The fraction of sp³-hybridized carbons (Fsp3) is 0.300. The van der Waals surface area contributed by atoms with E-state index >= 15 is 0 Å². The van der Waals surface area contributed by atoms with Crippen LogP contribution in [0.15, 0.2) is 57.7 Å². The van der Waals surface area contributed by atoms with Crippen molar-refractivity contribution in [3.05, 3.63) is 70.5 Å². The zero-order valence-electron chi connectivity index (χ0n) is 15.8. The van der Waals surface area contributed by atoms with Gasteiger partial charge in [-0.3, -0.25) is 4.90 Å². The summed E-state index contributed by atoms with van der Waals surface area (Å²) >= 11 is 0. The van der Waals surface area contributed by atoms with Gasteiger partial charge in [-0.2, -0.15) is 17.9 Å². The van der Waals surface area contributed by atoms with Crippen LogP contribution in [0.25, 0.3) is 11.5 Å². The van der Waals surface area contributed by atoms with Gasteiger partial charge in [-0.05, 0) is 42.5 Å². The number of nitrogens with zero attached hydrogens (tertiary/aromatic N) is 4. The second-order valence-corrected chi connectivity index (χ2v) is 6.97. The number of halogens is 4. The Morgan fingerprint density at radius 3 is 2.37 bits per heavy atom. The van der Waals surface area contributed by atoms with Gasteiger partial charge < -0.3 is 9.32 Å². The van der Waals surface area contributed by atoms with Crippen molar-refractivity contribution in [1.29, 1.82) is 0 Å². The van der Waals surface area contributed by atoms with Gasteiger partial charge in [0.2, 0.25) is 5.89 Å². The van der Waals surface area contributed by atoms with Crippen molar-refractivity contribution in [2.75, 3.05) is 31.1 Å². The number of anilines is 1. The van der Waals surface area contributed by atoms with E-state index in [-0.39, 0.29) is 12.6 Å². The van der Waals surface area contributed by atoms with E-state index in [2.05, 4.69) is 5.10 Å². The van der Waals surface area contributed by atoms with Crippen LogP contribution in [0.1, 0.15) is 5.56 Å². The Hall–Kier alpha value is -3.14. The van der Waals surface area contributed by atoms with Crippen LogP contribution in [0.4, 0.5) is 23.2 Å². The predicted molar refractivity (Wildman–Crippen MR) is 101 cm³/mol. The molecule has 2 aromatic carbocycles. The normalized spacial score (nSPS) is 15.5. The number of hydrogen-bond donors (Lipinski definition) is 0. The van der Waals surface area contributed by atoms with E-state index in [0.29, 0.717) is 37.4 Å². The maximum absolute atomic E-state index is 13.0. The molecule has 1 saturated heterocycles. The molecule has 0 spiro atoms. The third-order valence-corrected chi connectivity index (χ3v) is 4.94. The minimum Gasteiger partial charge on any atom is -0.388 e. The number of rotatable bonds is 4. The lowest BCUT2D eigenvalue weighted by Crippen LogP contribution is -2.47. The van der Waals surface area contributed by atoms with E-state index < -0.39 is 23.3 Å². The van der Waals surface area contributed by atoms with Gasteiger partial charge in [0.15, 0.2) is 0 Å². The van der Waals surface area contributed by atoms with E-state index in [0.717, 1.165) is 12.1 Å². The van der Waals surface area contributed by atoms with Crippen molar-refractivity contribution in [3.8, 4) is 11.5 Å². The summed E-state index contributed by atoms with van der Waals surface area (Å²) in [6, 6.07) is 10.7. The van der Waals surface area contributed by atoms with Crippen LogP contribution < -0.4 is 10.7 Å². The highest BCUT2D eigenvalue weighted by atomic mass is 19.4. The predicted octanol–water partition coefficient (Wildman–Crippen LogP) is 3.44. The molecule has 3 aromatic rings. The van der Waals surface area contributed by atoms with Gasteiger partial charge in [-0.1, -0.05) is 6.07 Å². The molecule has 0 unspecified atom stereocenters. The topological polar surface area (TPSA) is 54.5 Å². The molecule has 0 aliphatic carbocycles. The molecule has 0 bridgehead atoms. The fourth-order valence-corrected chi connectivity index (χ4v) is 3.32. The summed E-state index contributed by atoms with van der Waals surface area (Å²) in [5.41, 5.74) is 0.327. The van der Waals surface area contributed by atoms with Gasteiger partial charge in [0.25, 0.3) is 0 Å². The van der Waals surface area contributed by atoms with Crippen molar-refractivity contribution in [1.82, 2.24) is 14.7 Å². The highest BCUT2D eigenvalue weighted by Crippen LogP contribution is 2.31. The van der Waals surface area contributed by atoms with Gasteiger partial charge in [0, 0.05) is 37.4 Å². The molecule has 30 heavy (non-hydrogen) atoms. The third kappa shape index (κ3) is 4.38. The second kappa shape index (κ2) is 7.94. The molecular weight excluding hydrogens is 404 g/mol. The van der Waals surface area contributed by atoms with E-state index in [9.17, 15) is 22.4 Å². The molecule has 2 heterocycles. The summed E-state index contributed by atoms with van der Waals surface area (Å²) in [5, 5.41) is 4.15. The summed E-state index contributed by atoms with van der Waals surface area (Å²) < 4.78 is 58.2. The van der Waals surface area contributed by atoms with Gasteiger partial charge >= 0.3 is 11.9 Å². The minimum atomic E-state index is -4.38. The van der Waals surface area contributed by atoms with Crippen LogP contribution >= 0.6 is 0 Å². The number of piperazine rings is 1. The standard InChI is InChI=1S/C20H18F4N4O2/c21-16-6-4-14(5-7-16)18-25-28(19(29)30-18)13-26-8-10-27(11-9-26)17-3-1-2-15(12-17)20(22,23)24/h1-7,12H,8-11,13H2. The molecule has 1 aliphatic rings. The smallest absolute Gasteiger partial charge is 0.388 e. The summed E-state index contributed by atoms with van der Waals surface area (Å²) in [7, 11) is 0. The molecular formula is C20H18F4N4O2. The molecule has 0 N–H and O–H groups in total. The summed E-state index contributed by atoms with van der Waals surface area (Å²) in [4.78, 5) is 15.9. The number of alkyl halides is 3. The molecule has 1 fully saturated rings. The maximum Gasteiger partial charge on any atom is 0.438 e. The van der Waals surface area contributed by atoms with Crippen LogP contribution in [0.2, 0.25) is 0 Å². The Labute approximate surface area is 168 Å². The monoisotopic (exact) mass is 422 g/mol. The molecule has 4 rings (SSSR count). The third-order valence-electron chi connectivity index (χ3n) is 4.94. The Morgan fingerprint density at radius 1 is 1.00 bits per heavy atom. The van der Waals surface area contributed by atoms with Crippen molar-refractivity contribution in [3.63, 3.8) is 0 Å². The summed E-state index contributed by atoms with van der Waals surface area (Å²) in [6.45, 7) is 2.31. The lowest BCUT2D eigenvalue weighted by molar-refractivity contribution is -0.137. The summed E-state index contributed by atoms with van der Waals surface area (Å²) in [6.07, 6.45) is -4.38. The van der Waals surface area contributed by atoms with Gasteiger partial charge in [-0.25, -0.2) is 9.18 Å². The zero-order chi connectivity index (χ0) is 21.3. The lowest BCUT2D eigenvalue weighted by atomic mass is 10.1. The van der Waals surface area contributed by atoms with Gasteiger partial charge in [0.05, 0.1) is 5.56 Å². The zero-order valence-corrected chi connectivity index (χ0v) is 15.8. The molecule has 6 nitrogen and oxygen atoms in total. The maximum atomic E-state index is 13.0. The first kappa shape index (κ1) is 20.1. The lowest BCUT2D eigenvalue weighted by Gasteiger charge is -2.35. The fourth-order valence-electron chi connectivity index (χ4n) is 3.32. The van der Waals surface area contributed by atoms with Gasteiger partial charge in [-0.15, -0.1) is 5.10 Å². The highest BCUT2D eigenvalue weighted by Gasteiger charge is 2.31. The number of aromatic nitrogens is 2. The number of hydrogen-bond acceptors (Lipinski definition) is 5. The molecule has 0 radical (unpaired) electrons. The molecule has 0 amide bonds. The Bertz CT molecular complexity index is 1070. The number of benzene rings is 2. The van der Waals surface area contributed by atoms with Crippen molar-refractivity contribution >= 4 is 5.69 Å². The molecule has 10 heteroatoms. The average molecular weight is 422 g/mol. The largest absolute Gasteiger partial charge is 0.438 e. The highest BCUT2D eigenvalue weighted by molar-refractivity contribution is 5.52. The van der Waals surface area contributed by atoms with Crippen LogP contribution in [-0.4, -0.2) is 40.9 Å². The Balaban J connectivity index is 1.40. The first-order valence-corrected chi connectivity index (χ1v) is 9.28. The van der Waals surface area contributed by atoms with E-state index in [1.165, 1.54) is 35.0 Å². The van der Waals surface area contributed by atoms with E-state index in [1.807, 2.05) is 9.80 Å². The average Bonchev–Trinajstić information content (AvgIpc) is 3.09. The minimum absolute atomic E-state index is 0.0996. The van der Waals surface area contributed by atoms with Crippen molar-refractivity contribution in [2.45, 2.75) is 12.8 Å². The quantitative estimate of drug-likeness (QED) is 0.603. The molecule has 1 aromatic heterocycles. The second-order valence-electron chi connectivity index (χ2n) is 6.97. The SMILES string of the molecule is O=c1oc(-c2ccc(F)cc2)nn1CN1CCN(c2cccc(C(F)(F)F)c2)CC1. The summed E-state index contributed by atoms with van der Waals surface area (Å²) in [5.74, 6) is -0.934. The van der Waals surface area contributed by atoms with Crippen LogP contribution in [-0.2, 0) is 12.8 Å². The first-order valence-electron chi connectivity index (χ1n) is 9.28. The Morgan fingerprint density at radius 2 is 1.70 bits per heavy atom. The van der Waals surface area contributed by atoms with Crippen molar-refractivity contribution in [2.24, 2.45) is 0 Å². The Kier molecular flexibility index (Phi) is 5.33. The van der Waals surface area contributed by atoms with E-state index in [4.69, 9.17) is 4.42 Å². The van der Waals surface area contributed by atoms with Crippen LogP contribution in [0.5, 0.6) is 0 Å². The molecule has 0 atom stereocenters.